The zero-order chi connectivity index (χ0) is 15.6. The monoisotopic (exact) mass is 357 g/mol. The summed E-state index contributed by atoms with van der Waals surface area (Å²) in [5, 5.41) is 0. The fourth-order valence-electron chi connectivity index (χ4n) is 2.47. The van der Waals surface area contributed by atoms with Gasteiger partial charge < -0.3 is 4.74 Å². The van der Waals surface area contributed by atoms with Crippen LogP contribution in [0.1, 0.15) is 12.8 Å². The normalized spacial score (nSPS) is 20.0. The predicted molar refractivity (Wildman–Crippen MR) is 88.2 cm³/mol. The molecule has 22 heavy (non-hydrogen) atoms. The summed E-state index contributed by atoms with van der Waals surface area (Å²) in [5.41, 5.74) is 0. The topological polar surface area (TPSA) is 46.6 Å². The van der Waals surface area contributed by atoms with Crippen LogP contribution in [0.2, 0.25) is 4.34 Å². The van der Waals surface area contributed by atoms with Gasteiger partial charge in [0.25, 0.3) is 10.0 Å². The maximum Gasteiger partial charge on any atom is 0.252 e. The first kappa shape index (κ1) is 15.8. The van der Waals surface area contributed by atoms with E-state index < -0.39 is 10.0 Å². The highest BCUT2D eigenvalue weighted by molar-refractivity contribution is 7.91. The minimum Gasteiger partial charge on any atom is -0.489 e. The largest absolute Gasteiger partial charge is 0.489 e. The maximum absolute atomic E-state index is 12.6. The van der Waals surface area contributed by atoms with E-state index in [0.29, 0.717) is 17.4 Å². The number of hydrogen-bond donors (Lipinski definition) is 0. The second kappa shape index (κ2) is 6.58. The molecular weight excluding hydrogens is 342 g/mol. The summed E-state index contributed by atoms with van der Waals surface area (Å²) in [6, 6.07) is 12.7. The van der Waals surface area contributed by atoms with E-state index >= 15 is 0 Å². The molecule has 7 heteroatoms. The Kier molecular flexibility index (Phi) is 4.73. The molecule has 0 radical (unpaired) electrons. The number of benzene rings is 1. The van der Waals surface area contributed by atoms with Gasteiger partial charge in [0.1, 0.15) is 16.1 Å². The summed E-state index contributed by atoms with van der Waals surface area (Å²) in [6.45, 7) is 0.888. The molecule has 1 saturated heterocycles. The van der Waals surface area contributed by atoms with E-state index in [1.807, 2.05) is 30.3 Å². The second-order valence-corrected chi connectivity index (χ2v) is 9.00. The van der Waals surface area contributed by atoms with E-state index in [1.165, 1.54) is 4.31 Å². The van der Waals surface area contributed by atoms with Crippen molar-refractivity contribution in [1.82, 2.24) is 4.31 Å². The number of para-hydroxylation sites is 1. The van der Waals surface area contributed by atoms with E-state index in [2.05, 4.69) is 0 Å². The minimum atomic E-state index is -3.48. The summed E-state index contributed by atoms with van der Waals surface area (Å²) in [6.07, 6.45) is 1.52. The highest BCUT2D eigenvalue weighted by Crippen LogP contribution is 2.30. The molecule has 0 spiro atoms. The number of halogens is 1. The van der Waals surface area contributed by atoms with E-state index in [4.69, 9.17) is 16.3 Å². The number of nitrogens with zero attached hydrogens (tertiary/aromatic N) is 1. The zero-order valence-electron chi connectivity index (χ0n) is 11.8. The van der Waals surface area contributed by atoms with Crippen molar-refractivity contribution < 1.29 is 13.2 Å². The molecule has 1 aromatic carbocycles. The highest BCUT2D eigenvalue weighted by Gasteiger charge is 2.32. The van der Waals surface area contributed by atoms with Crippen LogP contribution in [0.15, 0.2) is 46.7 Å². The minimum absolute atomic E-state index is 0.124. The van der Waals surface area contributed by atoms with Crippen LogP contribution in [0.4, 0.5) is 0 Å². The summed E-state index contributed by atoms with van der Waals surface area (Å²) in [5.74, 6) is 0.769. The zero-order valence-corrected chi connectivity index (χ0v) is 14.2. The van der Waals surface area contributed by atoms with Gasteiger partial charge in [-0.3, -0.25) is 0 Å². The van der Waals surface area contributed by atoms with Crippen LogP contribution in [0.5, 0.6) is 5.75 Å². The van der Waals surface area contributed by atoms with Gasteiger partial charge in [0.05, 0.1) is 10.9 Å². The van der Waals surface area contributed by atoms with Gasteiger partial charge in [0, 0.05) is 6.54 Å². The Morgan fingerprint density at radius 2 is 1.95 bits per heavy atom. The summed E-state index contributed by atoms with van der Waals surface area (Å²) in [4.78, 5) is 0. The molecule has 1 atom stereocenters. The maximum atomic E-state index is 12.6. The van der Waals surface area contributed by atoms with E-state index in [-0.39, 0.29) is 10.3 Å². The Morgan fingerprint density at radius 3 is 2.64 bits per heavy atom. The van der Waals surface area contributed by atoms with Crippen molar-refractivity contribution in [3.8, 4) is 5.75 Å². The molecule has 4 nitrogen and oxygen atoms in total. The smallest absolute Gasteiger partial charge is 0.252 e. The number of thiophene rings is 1. The van der Waals surface area contributed by atoms with Crippen LogP contribution in [-0.2, 0) is 10.0 Å². The lowest BCUT2D eigenvalue weighted by Gasteiger charge is -2.31. The van der Waals surface area contributed by atoms with Crippen molar-refractivity contribution in [3.63, 3.8) is 0 Å². The molecule has 0 aliphatic carbocycles. The molecule has 0 saturated carbocycles. The van der Waals surface area contributed by atoms with Crippen LogP contribution >= 0.6 is 22.9 Å². The van der Waals surface area contributed by atoms with Crippen LogP contribution < -0.4 is 4.74 Å². The molecule has 2 aromatic rings. The molecule has 0 amide bonds. The average Bonchev–Trinajstić information content (AvgIpc) is 2.96. The van der Waals surface area contributed by atoms with Crippen molar-refractivity contribution in [3.05, 3.63) is 46.8 Å². The fraction of sp³-hybridized carbons (Fsp3) is 0.333. The van der Waals surface area contributed by atoms with E-state index in [9.17, 15) is 8.42 Å². The number of piperidine rings is 1. The van der Waals surface area contributed by atoms with Crippen molar-refractivity contribution in [2.24, 2.45) is 0 Å². The highest BCUT2D eigenvalue weighted by atomic mass is 35.5. The molecule has 0 N–H and O–H groups in total. The van der Waals surface area contributed by atoms with Crippen LogP contribution in [0, 0.1) is 0 Å². The molecule has 118 valence electrons. The predicted octanol–water partition coefficient (Wildman–Crippen LogP) is 3.63. The number of hydrogen-bond acceptors (Lipinski definition) is 4. The molecule has 3 rings (SSSR count). The van der Waals surface area contributed by atoms with Crippen LogP contribution in [-0.4, -0.2) is 31.9 Å². The lowest BCUT2D eigenvalue weighted by molar-refractivity contribution is 0.130. The Labute approximate surface area is 139 Å². The van der Waals surface area contributed by atoms with E-state index in [0.717, 1.165) is 29.9 Å². The standard InChI is InChI=1S/C15H16ClNO3S2/c16-14-8-9-15(21-14)22(18,19)17-10-4-7-13(11-17)20-12-5-2-1-3-6-12/h1-3,5-6,8-9,13H,4,7,10-11H2. The van der Waals surface area contributed by atoms with Crippen LogP contribution in [0.3, 0.4) is 0 Å². The molecule has 0 bridgehead atoms. The lowest BCUT2D eigenvalue weighted by Crippen LogP contribution is -2.44. The summed E-state index contributed by atoms with van der Waals surface area (Å²) >= 11 is 6.94. The van der Waals surface area contributed by atoms with Crippen molar-refractivity contribution >= 4 is 33.0 Å². The van der Waals surface area contributed by atoms with Gasteiger partial charge in [-0.25, -0.2) is 8.42 Å². The Hall–Kier alpha value is -1.08. The van der Waals surface area contributed by atoms with Crippen molar-refractivity contribution in [1.29, 1.82) is 0 Å². The van der Waals surface area contributed by atoms with Crippen molar-refractivity contribution in [2.75, 3.05) is 13.1 Å². The number of sulfonamides is 1. The molecule has 1 fully saturated rings. The van der Waals surface area contributed by atoms with Gasteiger partial charge in [0.2, 0.25) is 0 Å². The molecule has 1 aromatic heterocycles. The third-order valence-electron chi connectivity index (χ3n) is 3.53. The van der Waals surface area contributed by atoms with Gasteiger partial charge in [-0.1, -0.05) is 29.8 Å². The first-order chi connectivity index (χ1) is 10.6. The third-order valence-corrected chi connectivity index (χ3v) is 7.09. The first-order valence-electron chi connectivity index (χ1n) is 7.03. The average molecular weight is 358 g/mol. The SMILES string of the molecule is O=S(=O)(c1ccc(Cl)s1)N1CCCC(Oc2ccccc2)C1. The van der Waals surface area contributed by atoms with Gasteiger partial charge in [-0.2, -0.15) is 4.31 Å². The van der Waals surface area contributed by atoms with Crippen molar-refractivity contribution in [2.45, 2.75) is 23.2 Å². The summed E-state index contributed by atoms with van der Waals surface area (Å²) in [7, 11) is -3.48. The molecular formula is C15H16ClNO3S2. The molecule has 1 aliphatic heterocycles. The van der Waals surface area contributed by atoms with Gasteiger partial charge in [0.15, 0.2) is 0 Å². The Bertz CT molecular complexity index is 730. The summed E-state index contributed by atoms with van der Waals surface area (Å²) < 4.78 is 33.4. The molecule has 1 aliphatic rings. The molecule has 2 heterocycles. The fourth-order valence-corrected chi connectivity index (χ4v) is 5.62. The second-order valence-electron chi connectivity index (χ2n) is 5.12. The third kappa shape index (κ3) is 3.46. The van der Waals surface area contributed by atoms with Gasteiger partial charge in [-0.15, -0.1) is 11.3 Å². The quantitative estimate of drug-likeness (QED) is 0.839. The number of ether oxygens (including phenoxy) is 1. The first-order valence-corrected chi connectivity index (χ1v) is 9.66. The van der Waals surface area contributed by atoms with Gasteiger partial charge in [-0.05, 0) is 37.1 Å². The van der Waals surface area contributed by atoms with E-state index in [1.54, 1.807) is 12.1 Å². The van der Waals surface area contributed by atoms with Crippen LogP contribution in [0.25, 0.3) is 0 Å². The van der Waals surface area contributed by atoms with Gasteiger partial charge >= 0.3 is 0 Å². The Morgan fingerprint density at radius 1 is 1.18 bits per heavy atom. The Balaban J connectivity index is 1.73. The molecule has 1 unspecified atom stereocenters. The number of rotatable bonds is 4. The lowest BCUT2D eigenvalue weighted by atomic mass is 10.1.